The lowest BCUT2D eigenvalue weighted by Gasteiger charge is -2.09. The Morgan fingerprint density at radius 2 is 1.58 bits per heavy atom. The van der Waals surface area contributed by atoms with Gasteiger partial charge in [-0.05, 0) is 81.3 Å². The highest BCUT2D eigenvalue weighted by Gasteiger charge is 2.28. The van der Waals surface area contributed by atoms with Crippen LogP contribution in [0.2, 0.25) is 5.02 Å². The molecule has 6 rings (SSSR count). The number of hydrogen-bond acceptors (Lipinski definition) is 6. The maximum atomic E-state index is 10.5. The van der Waals surface area contributed by atoms with Crippen LogP contribution in [0.3, 0.4) is 0 Å². The number of fused-ring (bicyclic) bond motifs is 3. The standard InChI is InChI=1S/C28H29ClN4S.C7H8O3S/c1-17(2)15-21-11-9-20(10-12-21)13-14-22-16-24-26(23-7-5-6-8-25(23)29)30-18(3)27-32-31-19(4)33(27)28(24)34-22;1-6-2-4-7(5-3-6)11(8,9)10/h5-12,16-18H,13-15H2,1-4H3;2-5H,1H3,(H,8,9,10)/t18-;/m0./s1. The van der Waals surface area contributed by atoms with Crippen molar-refractivity contribution in [2.75, 3.05) is 0 Å². The van der Waals surface area contributed by atoms with Crippen molar-refractivity contribution in [3.63, 3.8) is 0 Å². The number of hydrogen-bond donors (Lipinski definition) is 1. The van der Waals surface area contributed by atoms with E-state index < -0.39 is 10.1 Å². The lowest BCUT2D eigenvalue weighted by Crippen LogP contribution is -2.05. The summed E-state index contributed by atoms with van der Waals surface area (Å²) < 4.78 is 31.7. The molecule has 0 saturated carbocycles. The zero-order valence-electron chi connectivity index (χ0n) is 26.0. The van der Waals surface area contributed by atoms with Crippen molar-refractivity contribution in [1.29, 1.82) is 0 Å². The minimum atomic E-state index is -4.02. The zero-order valence-corrected chi connectivity index (χ0v) is 28.4. The quantitative estimate of drug-likeness (QED) is 0.177. The fourth-order valence-electron chi connectivity index (χ4n) is 5.27. The third-order valence-electron chi connectivity index (χ3n) is 7.54. The third-order valence-corrected chi connectivity index (χ3v) is 9.92. The SMILES string of the molecule is Cc1ccc(S(=O)(=O)O)cc1.Cc1nnc2n1-c1sc(CCc3ccc(CC(C)C)cc3)cc1C(c1ccccc1Cl)=N[C@H]2C. The lowest BCUT2D eigenvalue weighted by atomic mass is 10.00. The summed E-state index contributed by atoms with van der Waals surface area (Å²) in [6, 6.07) is 25.2. The van der Waals surface area contributed by atoms with Crippen LogP contribution in [0.25, 0.3) is 5.00 Å². The van der Waals surface area contributed by atoms with E-state index in [0.717, 1.165) is 58.3 Å². The van der Waals surface area contributed by atoms with Gasteiger partial charge in [0.25, 0.3) is 10.1 Å². The molecule has 10 heteroatoms. The first kappa shape index (κ1) is 32.8. The summed E-state index contributed by atoms with van der Waals surface area (Å²) in [7, 11) is -4.02. The van der Waals surface area contributed by atoms with Crippen LogP contribution in [0, 0.1) is 19.8 Å². The van der Waals surface area contributed by atoms with Crippen LogP contribution in [0.4, 0.5) is 0 Å². The Morgan fingerprint density at radius 1 is 0.911 bits per heavy atom. The minimum Gasteiger partial charge on any atom is -0.282 e. The fourth-order valence-corrected chi connectivity index (χ4v) is 7.19. The maximum Gasteiger partial charge on any atom is 0.294 e. The van der Waals surface area contributed by atoms with Crippen molar-refractivity contribution in [1.82, 2.24) is 14.8 Å². The van der Waals surface area contributed by atoms with E-state index in [0.29, 0.717) is 10.9 Å². The second-order valence-corrected chi connectivity index (χ2v) is 14.7. The first-order valence-corrected chi connectivity index (χ1v) is 17.5. The highest BCUT2D eigenvalue weighted by molar-refractivity contribution is 7.85. The smallest absolute Gasteiger partial charge is 0.282 e. The van der Waals surface area contributed by atoms with Crippen molar-refractivity contribution in [3.8, 4) is 5.00 Å². The summed E-state index contributed by atoms with van der Waals surface area (Å²) in [6.45, 7) is 10.4. The van der Waals surface area contributed by atoms with E-state index in [9.17, 15) is 8.42 Å². The van der Waals surface area contributed by atoms with Gasteiger partial charge in [-0.25, -0.2) is 0 Å². The number of nitrogens with zero attached hydrogens (tertiary/aromatic N) is 4. The van der Waals surface area contributed by atoms with Gasteiger partial charge < -0.3 is 0 Å². The molecular formula is C35H37ClN4O3S2. The van der Waals surface area contributed by atoms with Gasteiger partial charge in [0.15, 0.2) is 5.82 Å². The summed E-state index contributed by atoms with van der Waals surface area (Å²) in [5.74, 6) is 2.43. The molecule has 0 amide bonds. The third kappa shape index (κ3) is 7.79. The Kier molecular flexibility index (Phi) is 10.0. The molecule has 3 heterocycles. The molecule has 0 saturated heterocycles. The van der Waals surface area contributed by atoms with E-state index in [1.54, 1.807) is 23.5 Å². The van der Waals surface area contributed by atoms with E-state index >= 15 is 0 Å². The van der Waals surface area contributed by atoms with E-state index in [1.165, 1.54) is 28.1 Å². The van der Waals surface area contributed by atoms with Gasteiger partial charge in [0.1, 0.15) is 16.9 Å². The average molecular weight is 661 g/mol. The largest absolute Gasteiger partial charge is 0.294 e. The Morgan fingerprint density at radius 3 is 2.22 bits per heavy atom. The van der Waals surface area contributed by atoms with Crippen LogP contribution in [0.1, 0.15) is 71.2 Å². The molecule has 1 aliphatic heterocycles. The van der Waals surface area contributed by atoms with Gasteiger partial charge in [0.2, 0.25) is 0 Å². The Hall–Kier alpha value is -3.63. The molecule has 234 valence electrons. The molecule has 7 nitrogen and oxygen atoms in total. The summed E-state index contributed by atoms with van der Waals surface area (Å²) in [5, 5.41) is 10.7. The van der Waals surface area contributed by atoms with Gasteiger partial charge in [-0.1, -0.05) is 85.6 Å². The van der Waals surface area contributed by atoms with Gasteiger partial charge >= 0.3 is 0 Å². The van der Waals surface area contributed by atoms with Crippen LogP contribution in [0.15, 0.2) is 88.8 Å². The Bertz CT molecular complexity index is 1930. The summed E-state index contributed by atoms with van der Waals surface area (Å²) >= 11 is 8.43. The summed E-state index contributed by atoms with van der Waals surface area (Å²) in [5.41, 5.74) is 6.72. The molecule has 1 N–H and O–H groups in total. The predicted octanol–water partition coefficient (Wildman–Crippen LogP) is 8.43. The highest BCUT2D eigenvalue weighted by atomic mass is 35.5. The molecule has 0 fully saturated rings. The lowest BCUT2D eigenvalue weighted by molar-refractivity contribution is 0.483. The second kappa shape index (κ2) is 13.8. The van der Waals surface area contributed by atoms with E-state index in [1.807, 2.05) is 38.1 Å². The van der Waals surface area contributed by atoms with Gasteiger partial charge in [-0.2, -0.15) is 8.42 Å². The molecule has 2 aromatic heterocycles. The predicted molar refractivity (Wildman–Crippen MR) is 183 cm³/mol. The van der Waals surface area contributed by atoms with Gasteiger partial charge in [0, 0.05) is 21.0 Å². The van der Waals surface area contributed by atoms with Crippen molar-refractivity contribution in [2.24, 2.45) is 10.9 Å². The summed E-state index contributed by atoms with van der Waals surface area (Å²) in [6.07, 6.45) is 3.11. The number of thiophene rings is 1. The van der Waals surface area contributed by atoms with E-state index in [-0.39, 0.29) is 10.9 Å². The van der Waals surface area contributed by atoms with Crippen molar-refractivity contribution in [2.45, 2.75) is 64.8 Å². The average Bonchev–Trinajstić information content (AvgIpc) is 3.56. The van der Waals surface area contributed by atoms with Crippen molar-refractivity contribution in [3.05, 3.63) is 128 Å². The van der Waals surface area contributed by atoms with Gasteiger partial charge in [-0.3, -0.25) is 14.1 Å². The molecule has 0 radical (unpaired) electrons. The summed E-state index contributed by atoms with van der Waals surface area (Å²) in [4.78, 5) is 6.34. The van der Waals surface area contributed by atoms with Crippen LogP contribution in [0.5, 0.6) is 0 Å². The number of halogens is 1. The number of aromatic nitrogens is 3. The van der Waals surface area contributed by atoms with Crippen LogP contribution >= 0.6 is 22.9 Å². The second-order valence-electron chi connectivity index (χ2n) is 11.7. The number of rotatable bonds is 7. The molecular weight excluding hydrogens is 624 g/mol. The number of aryl methyl sites for hydroxylation is 4. The zero-order chi connectivity index (χ0) is 32.3. The number of benzene rings is 3. The molecule has 1 atom stereocenters. The van der Waals surface area contributed by atoms with Gasteiger partial charge in [0.05, 0.1) is 10.6 Å². The Labute approximate surface area is 274 Å². The molecule has 0 unspecified atom stereocenters. The first-order chi connectivity index (χ1) is 21.4. The van der Waals surface area contributed by atoms with Crippen LogP contribution in [-0.2, 0) is 29.4 Å². The van der Waals surface area contributed by atoms with Crippen molar-refractivity contribution < 1.29 is 13.0 Å². The maximum absolute atomic E-state index is 10.5. The number of aliphatic imine (C=N–C) groups is 1. The molecule has 1 aliphatic rings. The van der Waals surface area contributed by atoms with Crippen LogP contribution < -0.4 is 0 Å². The first-order valence-electron chi connectivity index (χ1n) is 14.9. The van der Waals surface area contributed by atoms with Crippen molar-refractivity contribution >= 4 is 38.8 Å². The topological polar surface area (TPSA) is 97.4 Å². The fraction of sp³-hybridized carbons (Fsp3) is 0.286. The van der Waals surface area contributed by atoms with E-state index in [4.69, 9.17) is 21.1 Å². The Balaban J connectivity index is 0.000000309. The normalized spacial score (nSPS) is 14.2. The molecule has 0 bridgehead atoms. The van der Waals surface area contributed by atoms with Crippen LogP contribution in [-0.4, -0.2) is 33.4 Å². The monoisotopic (exact) mass is 660 g/mol. The molecule has 0 aliphatic carbocycles. The molecule has 3 aromatic carbocycles. The molecule has 5 aromatic rings. The van der Waals surface area contributed by atoms with E-state index in [2.05, 4.69) is 65.9 Å². The highest BCUT2D eigenvalue weighted by Crippen LogP contribution is 2.37. The van der Waals surface area contributed by atoms with Gasteiger partial charge in [-0.15, -0.1) is 21.5 Å². The molecule has 0 spiro atoms. The molecule has 45 heavy (non-hydrogen) atoms. The minimum absolute atomic E-state index is 0.0666.